The molecule has 1 aliphatic rings. The highest BCUT2D eigenvalue weighted by Gasteiger charge is 2.22. The summed E-state index contributed by atoms with van der Waals surface area (Å²) in [5.74, 6) is 1.44. The van der Waals surface area contributed by atoms with Gasteiger partial charge in [-0.05, 0) is 24.3 Å². The van der Waals surface area contributed by atoms with E-state index in [4.69, 9.17) is 9.47 Å². The molecule has 8 heteroatoms. The molecule has 0 spiro atoms. The van der Waals surface area contributed by atoms with E-state index in [2.05, 4.69) is 37.4 Å². The summed E-state index contributed by atoms with van der Waals surface area (Å²) in [5, 5.41) is 13.3. The second-order valence-corrected chi connectivity index (χ2v) is 7.34. The molecule has 2 heterocycles. The molecule has 0 atom stereocenters. The smallest absolute Gasteiger partial charge is 0.272 e. The Balaban J connectivity index is 1.51. The number of hydrogen-bond acceptors (Lipinski definition) is 7. The fourth-order valence-electron chi connectivity index (χ4n) is 3.81. The van der Waals surface area contributed by atoms with Crippen LogP contribution in [-0.4, -0.2) is 69.7 Å². The van der Waals surface area contributed by atoms with Crippen molar-refractivity contribution in [2.75, 3.05) is 63.4 Å². The number of nitrogens with zero attached hydrogens (tertiary/aromatic N) is 4. The summed E-state index contributed by atoms with van der Waals surface area (Å²) in [6, 6.07) is 15.9. The fourth-order valence-corrected chi connectivity index (χ4v) is 3.81. The maximum atomic E-state index is 12.6. The average molecular weight is 422 g/mol. The van der Waals surface area contributed by atoms with Gasteiger partial charge in [0.25, 0.3) is 5.91 Å². The van der Waals surface area contributed by atoms with Gasteiger partial charge in [0.15, 0.2) is 11.5 Å². The van der Waals surface area contributed by atoms with Crippen molar-refractivity contribution in [3.63, 3.8) is 0 Å². The Morgan fingerprint density at radius 2 is 1.61 bits per heavy atom. The summed E-state index contributed by atoms with van der Waals surface area (Å²) in [7, 11) is 3.28. The van der Waals surface area contributed by atoms with E-state index in [0.717, 1.165) is 48.5 Å². The lowest BCUT2D eigenvalue weighted by Gasteiger charge is -2.37. The van der Waals surface area contributed by atoms with Gasteiger partial charge in [-0.1, -0.05) is 24.3 Å². The number of benzene rings is 2. The molecule has 1 aromatic heterocycles. The minimum Gasteiger partial charge on any atom is -0.497 e. The first-order valence-electron chi connectivity index (χ1n) is 10.4. The molecule has 31 heavy (non-hydrogen) atoms. The zero-order chi connectivity index (χ0) is 21.6. The molecule has 162 valence electrons. The average Bonchev–Trinajstić information content (AvgIpc) is 2.83. The van der Waals surface area contributed by atoms with Crippen LogP contribution in [0.3, 0.4) is 0 Å². The summed E-state index contributed by atoms with van der Waals surface area (Å²) in [5.41, 5.74) is 1.52. The maximum absolute atomic E-state index is 12.6. The highest BCUT2D eigenvalue weighted by Crippen LogP contribution is 2.28. The Bertz CT molecular complexity index is 1030. The van der Waals surface area contributed by atoms with Gasteiger partial charge in [-0.3, -0.25) is 4.79 Å². The first kappa shape index (κ1) is 20.9. The zero-order valence-corrected chi connectivity index (χ0v) is 17.9. The Labute approximate surface area is 181 Å². The molecule has 0 aliphatic carbocycles. The minimum absolute atomic E-state index is 0.239. The van der Waals surface area contributed by atoms with E-state index in [0.29, 0.717) is 18.8 Å². The van der Waals surface area contributed by atoms with E-state index in [1.54, 1.807) is 14.2 Å². The van der Waals surface area contributed by atoms with Crippen molar-refractivity contribution in [3.8, 4) is 5.75 Å². The highest BCUT2D eigenvalue weighted by molar-refractivity contribution is 6.07. The van der Waals surface area contributed by atoms with Crippen LogP contribution in [0.4, 0.5) is 11.5 Å². The molecule has 0 unspecified atom stereocenters. The Hall–Kier alpha value is -3.39. The van der Waals surface area contributed by atoms with E-state index in [1.165, 1.54) is 5.69 Å². The highest BCUT2D eigenvalue weighted by atomic mass is 16.5. The number of fused-ring (bicyclic) bond motifs is 1. The van der Waals surface area contributed by atoms with E-state index >= 15 is 0 Å². The predicted molar refractivity (Wildman–Crippen MR) is 121 cm³/mol. The van der Waals surface area contributed by atoms with E-state index in [1.807, 2.05) is 36.4 Å². The second kappa shape index (κ2) is 9.61. The van der Waals surface area contributed by atoms with Gasteiger partial charge in [0.1, 0.15) is 5.75 Å². The fraction of sp³-hybridized carbons (Fsp3) is 0.348. The summed E-state index contributed by atoms with van der Waals surface area (Å²) < 4.78 is 10.2. The van der Waals surface area contributed by atoms with Crippen molar-refractivity contribution in [1.29, 1.82) is 0 Å². The topological polar surface area (TPSA) is 79.8 Å². The molecular weight excluding hydrogens is 394 g/mol. The van der Waals surface area contributed by atoms with Crippen molar-refractivity contribution in [2.45, 2.75) is 0 Å². The lowest BCUT2D eigenvalue weighted by molar-refractivity contribution is 0.0933. The second-order valence-electron chi connectivity index (χ2n) is 7.34. The predicted octanol–water partition coefficient (Wildman–Crippen LogP) is 2.34. The van der Waals surface area contributed by atoms with Gasteiger partial charge < -0.3 is 24.6 Å². The Morgan fingerprint density at radius 3 is 2.29 bits per heavy atom. The van der Waals surface area contributed by atoms with Crippen LogP contribution in [-0.2, 0) is 4.74 Å². The third-order valence-corrected chi connectivity index (χ3v) is 5.49. The van der Waals surface area contributed by atoms with Gasteiger partial charge in [0.2, 0.25) is 0 Å². The van der Waals surface area contributed by atoms with Crippen LogP contribution in [0.15, 0.2) is 48.5 Å². The first-order valence-corrected chi connectivity index (χ1v) is 10.4. The summed E-state index contributed by atoms with van der Waals surface area (Å²) in [6.07, 6.45) is 0. The molecule has 1 saturated heterocycles. The standard InChI is InChI=1S/C23H27N5O3/c1-30-16-11-24-23(29)21-19-5-3-4-6-20(19)22(26-25-21)28-14-12-27(13-15-28)17-7-9-18(31-2)10-8-17/h3-10H,11-16H2,1-2H3,(H,24,29). The number of amides is 1. The van der Waals surface area contributed by atoms with Crippen LogP contribution in [0.1, 0.15) is 10.5 Å². The SMILES string of the molecule is COCCNC(=O)c1nnc(N2CCN(c3ccc(OC)cc3)CC2)c2ccccc12. The van der Waals surface area contributed by atoms with Gasteiger partial charge >= 0.3 is 0 Å². The molecule has 1 fully saturated rings. The third kappa shape index (κ3) is 4.54. The molecule has 0 bridgehead atoms. The number of carbonyl (C=O) groups excluding carboxylic acids is 1. The van der Waals surface area contributed by atoms with E-state index in [9.17, 15) is 4.79 Å². The summed E-state index contributed by atoms with van der Waals surface area (Å²) >= 11 is 0. The van der Waals surface area contributed by atoms with Crippen molar-refractivity contribution in [1.82, 2.24) is 15.5 Å². The lowest BCUT2D eigenvalue weighted by Crippen LogP contribution is -2.47. The first-order chi connectivity index (χ1) is 15.2. The van der Waals surface area contributed by atoms with Crippen molar-refractivity contribution in [2.24, 2.45) is 0 Å². The molecular formula is C23H27N5O3. The van der Waals surface area contributed by atoms with Crippen molar-refractivity contribution in [3.05, 3.63) is 54.2 Å². The van der Waals surface area contributed by atoms with Crippen LogP contribution in [0.5, 0.6) is 5.75 Å². The quantitative estimate of drug-likeness (QED) is 0.587. The Kier molecular flexibility index (Phi) is 6.47. The number of aromatic nitrogens is 2. The van der Waals surface area contributed by atoms with Crippen LogP contribution >= 0.6 is 0 Å². The molecule has 1 aliphatic heterocycles. The maximum Gasteiger partial charge on any atom is 0.272 e. The number of methoxy groups -OCH3 is 2. The monoisotopic (exact) mass is 421 g/mol. The number of ether oxygens (including phenoxy) is 2. The van der Waals surface area contributed by atoms with Gasteiger partial charge in [0, 0.05) is 56.3 Å². The van der Waals surface area contributed by atoms with Crippen LogP contribution < -0.4 is 19.9 Å². The molecule has 4 rings (SSSR count). The molecule has 8 nitrogen and oxygen atoms in total. The molecule has 3 aromatic rings. The van der Waals surface area contributed by atoms with Crippen LogP contribution in [0.25, 0.3) is 10.8 Å². The van der Waals surface area contributed by atoms with Gasteiger partial charge in [-0.15, -0.1) is 10.2 Å². The van der Waals surface area contributed by atoms with Crippen LogP contribution in [0, 0.1) is 0 Å². The van der Waals surface area contributed by atoms with Gasteiger partial charge in [0.05, 0.1) is 13.7 Å². The molecule has 0 saturated carbocycles. The molecule has 0 radical (unpaired) electrons. The number of anilines is 2. The molecule has 2 aromatic carbocycles. The van der Waals surface area contributed by atoms with E-state index < -0.39 is 0 Å². The lowest BCUT2D eigenvalue weighted by atomic mass is 10.1. The van der Waals surface area contributed by atoms with Gasteiger partial charge in [-0.25, -0.2) is 0 Å². The molecule has 1 N–H and O–H groups in total. The van der Waals surface area contributed by atoms with Crippen molar-refractivity contribution >= 4 is 28.2 Å². The largest absolute Gasteiger partial charge is 0.497 e. The Morgan fingerprint density at radius 1 is 0.935 bits per heavy atom. The molecule has 1 amide bonds. The van der Waals surface area contributed by atoms with Crippen LogP contribution in [0.2, 0.25) is 0 Å². The number of rotatable bonds is 7. The third-order valence-electron chi connectivity index (χ3n) is 5.49. The summed E-state index contributed by atoms with van der Waals surface area (Å²) in [6.45, 7) is 4.28. The number of piperazine rings is 1. The normalized spacial score (nSPS) is 14.0. The van der Waals surface area contributed by atoms with Gasteiger partial charge in [-0.2, -0.15) is 0 Å². The van der Waals surface area contributed by atoms with Crippen molar-refractivity contribution < 1.29 is 14.3 Å². The van der Waals surface area contributed by atoms with E-state index in [-0.39, 0.29) is 5.91 Å². The number of carbonyl (C=O) groups is 1. The number of hydrogen-bond donors (Lipinski definition) is 1. The minimum atomic E-state index is -0.239. The zero-order valence-electron chi connectivity index (χ0n) is 17.9. The summed E-state index contributed by atoms with van der Waals surface area (Å²) in [4.78, 5) is 17.2. The number of nitrogens with one attached hydrogen (secondary N) is 1.